The third-order valence-electron chi connectivity index (χ3n) is 4.30. The van der Waals surface area contributed by atoms with Crippen molar-refractivity contribution in [1.82, 2.24) is 0 Å². The summed E-state index contributed by atoms with van der Waals surface area (Å²) in [6.45, 7) is 1.61. The molecule has 0 saturated heterocycles. The zero-order chi connectivity index (χ0) is 26.2. The number of rotatable bonds is 7. The lowest BCUT2D eigenvalue weighted by Gasteiger charge is -2.10. The summed E-state index contributed by atoms with van der Waals surface area (Å²) in [6.07, 6.45) is 0. The lowest BCUT2D eigenvalue weighted by atomic mass is 10.1. The van der Waals surface area contributed by atoms with Crippen molar-refractivity contribution >= 4 is 49.2 Å². The Hall–Kier alpha value is -3.19. The molecule has 0 atom stereocenters. The van der Waals surface area contributed by atoms with Crippen LogP contribution in [0, 0.1) is 0 Å². The van der Waals surface area contributed by atoms with Gasteiger partial charge in [-0.1, -0.05) is 29.8 Å². The molecule has 0 heterocycles. The highest BCUT2D eigenvalue weighted by atomic mass is 35.5. The second kappa shape index (κ2) is 12.0. The molecule has 188 valence electrons. The molecule has 0 aliphatic heterocycles. The molecule has 0 saturated carbocycles. The van der Waals surface area contributed by atoms with Crippen molar-refractivity contribution in [1.29, 1.82) is 0 Å². The predicted molar refractivity (Wildman–Crippen MR) is 131 cm³/mol. The van der Waals surface area contributed by atoms with E-state index in [9.17, 15) is 25.5 Å². The molecule has 9 nitrogen and oxygen atoms in total. The van der Waals surface area contributed by atoms with Crippen LogP contribution in [0.3, 0.4) is 0 Å². The molecule has 0 radical (unpaired) electrons. The highest BCUT2D eigenvalue weighted by Gasteiger charge is 2.13. The third kappa shape index (κ3) is 9.53. The van der Waals surface area contributed by atoms with Crippen LogP contribution in [-0.4, -0.2) is 33.0 Å². The lowest BCUT2D eigenvalue weighted by molar-refractivity contribution is 0.102. The number of benzene rings is 3. The number of carbonyl (C=O) groups excluding carboxylic acids is 1. The first-order chi connectivity index (χ1) is 16.3. The molecule has 0 bridgehead atoms. The van der Waals surface area contributed by atoms with Crippen LogP contribution in [0.25, 0.3) is 0 Å². The van der Waals surface area contributed by atoms with Gasteiger partial charge in [0.05, 0.1) is 10.8 Å². The van der Waals surface area contributed by atoms with E-state index in [-0.39, 0.29) is 18.0 Å². The quantitative estimate of drug-likeness (QED) is 0.226. The molecular formula is C22H22ClFN2O7S2. The Kier molecular flexibility index (Phi) is 9.60. The molecule has 0 aliphatic rings. The smallest absolute Gasteiger partial charge is 0.332 e. The van der Waals surface area contributed by atoms with Crippen molar-refractivity contribution in [2.24, 2.45) is 0 Å². The first kappa shape index (κ1) is 28.1. The van der Waals surface area contributed by atoms with E-state index in [1.165, 1.54) is 19.1 Å². The predicted octanol–water partition coefficient (Wildman–Crippen LogP) is 4.31. The van der Waals surface area contributed by atoms with Crippen LogP contribution in [0.5, 0.6) is 5.75 Å². The van der Waals surface area contributed by atoms with E-state index in [0.717, 1.165) is 17.7 Å². The molecule has 0 aliphatic carbocycles. The van der Waals surface area contributed by atoms with E-state index in [4.69, 9.17) is 26.6 Å². The van der Waals surface area contributed by atoms with Gasteiger partial charge >= 0.3 is 10.2 Å². The number of nitrogen functional groups attached to an aromatic ring is 1. The van der Waals surface area contributed by atoms with Crippen LogP contribution >= 0.6 is 11.6 Å². The fraction of sp³-hybridized carbons (Fsp3) is 0.136. The van der Waals surface area contributed by atoms with Gasteiger partial charge in [0.1, 0.15) is 17.3 Å². The van der Waals surface area contributed by atoms with Crippen molar-refractivity contribution < 1.29 is 34.8 Å². The van der Waals surface area contributed by atoms with Gasteiger partial charge in [0.25, 0.3) is 16.0 Å². The fourth-order valence-electron chi connectivity index (χ4n) is 2.48. The summed E-state index contributed by atoms with van der Waals surface area (Å²) in [4.78, 5) is 11.8. The number of ether oxygens (including phenoxy) is 1. The second-order valence-corrected chi connectivity index (χ2v) is 10.5. The van der Waals surface area contributed by atoms with Crippen molar-refractivity contribution in [3.63, 3.8) is 0 Å². The Morgan fingerprint density at radius 2 is 1.69 bits per heavy atom. The summed E-state index contributed by atoms with van der Waals surface area (Å²) in [7, 11) is -8.51. The Bertz CT molecular complexity index is 1400. The summed E-state index contributed by atoms with van der Waals surface area (Å²) in [5, 5.41) is 2.93. The summed E-state index contributed by atoms with van der Waals surface area (Å²) in [5.74, 6) is -0.176. The molecular weight excluding hydrogens is 523 g/mol. The maximum atomic E-state index is 13.1. The van der Waals surface area contributed by atoms with Gasteiger partial charge in [-0.2, -0.15) is 16.8 Å². The molecule has 3 aromatic carbocycles. The second-order valence-electron chi connectivity index (χ2n) is 6.97. The summed E-state index contributed by atoms with van der Waals surface area (Å²) >= 11 is 6.06. The van der Waals surface area contributed by atoms with Gasteiger partial charge in [-0.3, -0.25) is 9.35 Å². The fourth-order valence-corrected chi connectivity index (χ4v) is 3.23. The molecule has 0 spiro atoms. The Balaban J connectivity index is 0.000000641. The number of halogens is 2. The minimum atomic E-state index is -4.85. The van der Waals surface area contributed by atoms with Crippen molar-refractivity contribution in [3.05, 3.63) is 82.9 Å². The monoisotopic (exact) mass is 544 g/mol. The Morgan fingerprint density at radius 1 is 1.06 bits per heavy atom. The number of carbonyl (C=O) groups is 1. The average Bonchev–Trinajstić information content (AvgIpc) is 2.78. The number of hydrogen-bond acceptors (Lipinski definition) is 7. The largest absolute Gasteiger partial charge is 0.487 e. The molecule has 4 N–H and O–H groups in total. The van der Waals surface area contributed by atoms with Gasteiger partial charge in [-0.25, -0.2) is 0 Å². The van der Waals surface area contributed by atoms with Crippen LogP contribution in [0.4, 0.5) is 15.3 Å². The van der Waals surface area contributed by atoms with Gasteiger partial charge in [0, 0.05) is 16.9 Å². The molecule has 0 aromatic heterocycles. The summed E-state index contributed by atoms with van der Waals surface area (Å²) in [5.41, 5.74) is 7.48. The molecule has 0 fully saturated rings. The van der Waals surface area contributed by atoms with E-state index in [1.807, 2.05) is 0 Å². The number of nitrogens with one attached hydrogen (secondary N) is 1. The number of hydrogen-bond donors (Lipinski definition) is 3. The van der Waals surface area contributed by atoms with E-state index >= 15 is 0 Å². The van der Waals surface area contributed by atoms with E-state index in [2.05, 4.69) is 5.32 Å². The van der Waals surface area contributed by atoms with Crippen molar-refractivity contribution in [2.75, 3.05) is 16.8 Å². The molecule has 13 heteroatoms. The highest BCUT2D eigenvalue weighted by Crippen LogP contribution is 2.27. The summed E-state index contributed by atoms with van der Waals surface area (Å²) in [6, 6.07) is 16.5. The zero-order valence-electron chi connectivity index (χ0n) is 18.3. The van der Waals surface area contributed by atoms with Crippen LogP contribution < -0.4 is 15.8 Å². The van der Waals surface area contributed by atoms with Crippen LogP contribution in [0.2, 0.25) is 5.02 Å². The number of nitrogens with two attached hydrogens (primary N) is 1. The lowest BCUT2D eigenvalue weighted by Crippen LogP contribution is -2.12. The minimum Gasteiger partial charge on any atom is -0.487 e. The highest BCUT2D eigenvalue weighted by molar-refractivity contribution is 7.86. The molecule has 3 rings (SSSR count). The SMILES string of the molecule is CCS(=O)(=O)O.Nc1ccc(OCc2ccc(C(=O)Nc3cccc(S(=O)(=O)F)c3)cc2)c(Cl)c1. The number of amides is 1. The first-order valence-corrected chi connectivity index (χ1v) is 13.2. The topological polar surface area (TPSA) is 153 Å². The summed E-state index contributed by atoms with van der Waals surface area (Å²) < 4.78 is 67.6. The maximum Gasteiger partial charge on any atom is 0.332 e. The minimum absolute atomic E-state index is 0.166. The number of anilines is 2. The Morgan fingerprint density at radius 3 is 2.23 bits per heavy atom. The van der Waals surface area contributed by atoms with Crippen LogP contribution in [0.1, 0.15) is 22.8 Å². The van der Waals surface area contributed by atoms with Crippen molar-refractivity contribution in [2.45, 2.75) is 18.4 Å². The van der Waals surface area contributed by atoms with Crippen LogP contribution in [-0.2, 0) is 26.9 Å². The molecule has 1 amide bonds. The van der Waals surface area contributed by atoms with Gasteiger partial charge < -0.3 is 15.8 Å². The molecule has 3 aromatic rings. The van der Waals surface area contributed by atoms with Gasteiger partial charge in [0.15, 0.2) is 0 Å². The molecule has 0 unspecified atom stereocenters. The Labute approximate surface area is 207 Å². The van der Waals surface area contributed by atoms with Gasteiger partial charge in [-0.15, -0.1) is 3.89 Å². The van der Waals surface area contributed by atoms with E-state index < -0.39 is 31.1 Å². The van der Waals surface area contributed by atoms with Gasteiger partial charge in [0.2, 0.25) is 0 Å². The van der Waals surface area contributed by atoms with E-state index in [0.29, 0.717) is 22.0 Å². The van der Waals surface area contributed by atoms with Crippen LogP contribution in [0.15, 0.2) is 71.6 Å². The van der Waals surface area contributed by atoms with Crippen molar-refractivity contribution in [3.8, 4) is 5.75 Å². The maximum absolute atomic E-state index is 13.1. The normalized spacial score (nSPS) is 11.2. The zero-order valence-corrected chi connectivity index (χ0v) is 20.7. The standard InChI is InChI=1S/C20H16ClFN2O4S.C2H6O3S/c21-18-10-15(23)8-9-19(18)28-12-13-4-6-14(7-5-13)20(25)24-16-2-1-3-17(11-16)29(22,26)27;1-2-6(3,4)5/h1-11H,12,23H2,(H,24,25);2H2,1H3,(H,3,4,5). The average molecular weight is 545 g/mol. The molecule has 35 heavy (non-hydrogen) atoms. The first-order valence-electron chi connectivity index (χ1n) is 9.86. The third-order valence-corrected chi connectivity index (χ3v) is 6.15. The van der Waals surface area contributed by atoms with E-state index in [1.54, 1.807) is 42.5 Å². The van der Waals surface area contributed by atoms with Gasteiger partial charge in [-0.05, 0) is 61.0 Å².